The molecule has 25 heavy (non-hydrogen) atoms. The van der Waals surface area contributed by atoms with E-state index in [9.17, 15) is 9.90 Å². The van der Waals surface area contributed by atoms with Gasteiger partial charge in [0.2, 0.25) is 0 Å². The number of amides is 1. The van der Waals surface area contributed by atoms with E-state index in [4.69, 9.17) is 4.74 Å². The molecule has 0 radical (unpaired) electrons. The topological polar surface area (TPSA) is 61.8 Å². The molecule has 0 aromatic heterocycles. The molecule has 1 aliphatic rings. The van der Waals surface area contributed by atoms with E-state index in [-0.39, 0.29) is 23.9 Å². The van der Waals surface area contributed by atoms with Gasteiger partial charge >= 0.3 is 0 Å². The molecule has 0 saturated carbocycles. The van der Waals surface area contributed by atoms with Crippen LogP contribution < -0.4 is 5.32 Å². The number of phenols is 1. The summed E-state index contributed by atoms with van der Waals surface area (Å²) in [5, 5.41) is 12.5. The van der Waals surface area contributed by atoms with Crippen molar-refractivity contribution < 1.29 is 14.6 Å². The van der Waals surface area contributed by atoms with Crippen molar-refractivity contribution in [2.45, 2.75) is 32.6 Å². The van der Waals surface area contributed by atoms with Crippen molar-refractivity contribution in [2.75, 3.05) is 18.4 Å². The van der Waals surface area contributed by atoms with Crippen LogP contribution in [0.3, 0.4) is 0 Å². The van der Waals surface area contributed by atoms with Crippen LogP contribution in [0.2, 0.25) is 0 Å². The van der Waals surface area contributed by atoms with Crippen LogP contribution in [-0.4, -0.2) is 41.2 Å². The van der Waals surface area contributed by atoms with Crippen LogP contribution in [0.5, 0.6) is 5.75 Å². The maximum atomic E-state index is 12.3. The molecule has 2 aromatic rings. The van der Waals surface area contributed by atoms with E-state index >= 15 is 0 Å². The molecular formula is C20H24N2O3. The van der Waals surface area contributed by atoms with E-state index in [1.165, 1.54) is 5.56 Å². The van der Waals surface area contributed by atoms with Gasteiger partial charge in [-0.3, -0.25) is 9.69 Å². The quantitative estimate of drug-likeness (QED) is 0.839. The van der Waals surface area contributed by atoms with E-state index in [1.54, 1.807) is 24.3 Å². The Bertz CT molecular complexity index is 720. The van der Waals surface area contributed by atoms with E-state index in [1.807, 2.05) is 24.3 Å². The number of benzene rings is 2. The molecule has 1 heterocycles. The predicted molar refractivity (Wildman–Crippen MR) is 97.8 cm³/mol. The maximum absolute atomic E-state index is 12.3. The van der Waals surface area contributed by atoms with Crippen LogP contribution in [-0.2, 0) is 11.3 Å². The van der Waals surface area contributed by atoms with Crippen LogP contribution >= 0.6 is 0 Å². The van der Waals surface area contributed by atoms with Gasteiger partial charge < -0.3 is 15.2 Å². The van der Waals surface area contributed by atoms with Crippen LogP contribution in [0.4, 0.5) is 5.69 Å². The van der Waals surface area contributed by atoms with E-state index in [0.29, 0.717) is 11.3 Å². The molecule has 3 rings (SSSR count). The van der Waals surface area contributed by atoms with Crippen LogP contribution in [0.25, 0.3) is 0 Å². The summed E-state index contributed by atoms with van der Waals surface area (Å²) in [5.41, 5.74) is 2.14. The summed E-state index contributed by atoms with van der Waals surface area (Å²) in [7, 11) is 0. The van der Waals surface area contributed by atoms with Gasteiger partial charge in [-0.15, -0.1) is 0 Å². The number of para-hydroxylation sites is 2. The molecule has 1 aliphatic heterocycles. The number of phenolic OH excluding ortho intramolecular Hbond substituents is 1. The van der Waals surface area contributed by atoms with Crippen molar-refractivity contribution in [2.24, 2.45) is 0 Å². The van der Waals surface area contributed by atoms with Gasteiger partial charge in [0.1, 0.15) is 5.75 Å². The number of hydrogen-bond acceptors (Lipinski definition) is 4. The Morgan fingerprint density at radius 3 is 2.40 bits per heavy atom. The fourth-order valence-corrected chi connectivity index (χ4v) is 3.21. The molecule has 5 nitrogen and oxygen atoms in total. The first-order chi connectivity index (χ1) is 12.0. The molecule has 5 heteroatoms. The summed E-state index contributed by atoms with van der Waals surface area (Å²) in [4.78, 5) is 14.7. The van der Waals surface area contributed by atoms with Crippen molar-refractivity contribution in [3.05, 3.63) is 59.7 Å². The summed E-state index contributed by atoms with van der Waals surface area (Å²) >= 11 is 0. The molecule has 1 fully saturated rings. The van der Waals surface area contributed by atoms with Gasteiger partial charge in [-0.1, -0.05) is 24.3 Å². The summed E-state index contributed by atoms with van der Waals surface area (Å²) in [5.74, 6) is -0.176. The summed E-state index contributed by atoms with van der Waals surface area (Å²) < 4.78 is 5.76. The largest absolute Gasteiger partial charge is 0.506 e. The van der Waals surface area contributed by atoms with Gasteiger partial charge in [0, 0.05) is 25.2 Å². The van der Waals surface area contributed by atoms with Gasteiger partial charge in [0.25, 0.3) is 5.91 Å². The number of nitrogens with one attached hydrogen (secondary N) is 1. The average Bonchev–Trinajstić information content (AvgIpc) is 2.56. The van der Waals surface area contributed by atoms with Gasteiger partial charge in [0.05, 0.1) is 17.9 Å². The number of hydrogen-bond donors (Lipinski definition) is 2. The van der Waals surface area contributed by atoms with Crippen molar-refractivity contribution in [1.29, 1.82) is 0 Å². The summed E-state index contributed by atoms with van der Waals surface area (Å²) in [6, 6.07) is 14.3. The Balaban J connectivity index is 1.62. The molecule has 2 atom stereocenters. The second-order valence-electron chi connectivity index (χ2n) is 6.62. The lowest BCUT2D eigenvalue weighted by Gasteiger charge is -2.35. The highest BCUT2D eigenvalue weighted by molar-refractivity contribution is 6.04. The fourth-order valence-electron chi connectivity index (χ4n) is 3.21. The normalized spacial score (nSPS) is 21.0. The summed E-state index contributed by atoms with van der Waals surface area (Å²) in [6.45, 7) is 6.86. The van der Waals surface area contributed by atoms with Crippen LogP contribution in [0.15, 0.2) is 48.5 Å². The first kappa shape index (κ1) is 17.5. The lowest BCUT2D eigenvalue weighted by Crippen LogP contribution is -2.44. The molecule has 1 saturated heterocycles. The first-order valence-electron chi connectivity index (χ1n) is 8.57. The van der Waals surface area contributed by atoms with E-state index in [0.717, 1.165) is 19.6 Å². The van der Waals surface area contributed by atoms with Crippen LogP contribution in [0.1, 0.15) is 29.8 Å². The highest BCUT2D eigenvalue weighted by atomic mass is 16.5. The smallest absolute Gasteiger partial charge is 0.255 e. The third-order valence-corrected chi connectivity index (χ3v) is 4.27. The van der Waals surface area contributed by atoms with Crippen molar-refractivity contribution in [3.8, 4) is 5.75 Å². The third kappa shape index (κ3) is 4.59. The zero-order chi connectivity index (χ0) is 17.8. The highest BCUT2D eigenvalue weighted by Crippen LogP contribution is 2.22. The molecule has 132 valence electrons. The maximum Gasteiger partial charge on any atom is 0.255 e. The van der Waals surface area contributed by atoms with Crippen molar-refractivity contribution in [1.82, 2.24) is 4.90 Å². The monoisotopic (exact) mass is 340 g/mol. The van der Waals surface area contributed by atoms with Crippen molar-refractivity contribution in [3.63, 3.8) is 0 Å². The summed E-state index contributed by atoms with van der Waals surface area (Å²) in [6.07, 6.45) is 0.486. The number of rotatable bonds is 4. The number of nitrogens with zero attached hydrogens (tertiary/aromatic N) is 1. The second kappa shape index (κ2) is 7.68. The minimum Gasteiger partial charge on any atom is -0.506 e. The number of carbonyl (C=O) groups is 1. The molecule has 1 amide bonds. The molecule has 0 aliphatic carbocycles. The predicted octanol–water partition coefficient (Wildman–Crippen LogP) is 3.25. The van der Waals surface area contributed by atoms with Gasteiger partial charge in [-0.2, -0.15) is 0 Å². The van der Waals surface area contributed by atoms with Crippen LogP contribution in [0, 0.1) is 0 Å². The Hall–Kier alpha value is -2.37. The highest BCUT2D eigenvalue weighted by Gasteiger charge is 2.22. The third-order valence-electron chi connectivity index (χ3n) is 4.27. The Kier molecular flexibility index (Phi) is 5.36. The molecule has 2 aromatic carbocycles. The second-order valence-corrected chi connectivity index (χ2v) is 6.62. The lowest BCUT2D eigenvalue weighted by atomic mass is 10.1. The average molecular weight is 340 g/mol. The minimum absolute atomic E-state index is 0.0584. The number of carbonyl (C=O) groups excluding carboxylic acids is 1. The zero-order valence-electron chi connectivity index (χ0n) is 14.6. The fraction of sp³-hybridized carbons (Fsp3) is 0.350. The van der Waals surface area contributed by atoms with Crippen molar-refractivity contribution >= 4 is 11.6 Å². The van der Waals surface area contributed by atoms with Gasteiger partial charge in [-0.05, 0) is 43.7 Å². The lowest BCUT2D eigenvalue weighted by molar-refractivity contribution is -0.0704. The molecule has 0 unspecified atom stereocenters. The molecule has 0 bridgehead atoms. The SMILES string of the molecule is C[C@H]1CN(Cc2ccc(C(=O)Nc3ccccc3O)cc2)C[C@H](C)O1. The minimum atomic E-state index is -0.235. The number of aromatic hydroxyl groups is 1. The van der Waals surface area contributed by atoms with E-state index < -0.39 is 0 Å². The number of morpholine rings is 1. The number of anilines is 1. The Morgan fingerprint density at radius 1 is 1.12 bits per heavy atom. The molecular weight excluding hydrogens is 316 g/mol. The van der Waals surface area contributed by atoms with Gasteiger partial charge in [0.15, 0.2) is 0 Å². The Labute approximate surface area is 148 Å². The van der Waals surface area contributed by atoms with Gasteiger partial charge in [-0.25, -0.2) is 0 Å². The first-order valence-corrected chi connectivity index (χ1v) is 8.57. The molecule has 0 spiro atoms. The Morgan fingerprint density at radius 2 is 1.76 bits per heavy atom. The zero-order valence-corrected chi connectivity index (χ0v) is 14.6. The van der Waals surface area contributed by atoms with E-state index in [2.05, 4.69) is 24.1 Å². The standard InChI is InChI=1S/C20H24N2O3/c1-14-11-22(12-15(2)25-14)13-16-7-9-17(10-8-16)20(24)21-18-5-3-4-6-19(18)23/h3-10,14-15,23H,11-13H2,1-2H3,(H,21,24)/t14-,15-/m0/s1. The molecule has 2 N–H and O–H groups in total. The number of ether oxygens (including phenoxy) is 1.